The molecule has 0 aliphatic rings. The maximum absolute atomic E-state index is 4.56. The van der Waals surface area contributed by atoms with Crippen LogP contribution in [-0.4, -0.2) is 28.0 Å². The zero-order chi connectivity index (χ0) is 16.3. The average Bonchev–Trinajstić information content (AvgIpc) is 2.56. The second-order valence-electron chi connectivity index (χ2n) is 5.62. The van der Waals surface area contributed by atoms with Crippen molar-refractivity contribution < 1.29 is 0 Å². The number of rotatable bonds is 10. The van der Waals surface area contributed by atoms with E-state index in [0.717, 1.165) is 44.6 Å². The van der Waals surface area contributed by atoms with Crippen molar-refractivity contribution in [2.75, 3.05) is 23.7 Å². The molecule has 23 heavy (non-hydrogen) atoms. The minimum Gasteiger partial charge on any atom is -0.354 e. The predicted molar refractivity (Wildman–Crippen MR) is 95.9 cm³/mol. The maximum atomic E-state index is 4.56. The standard InChI is InChI=1S/C18H27N5/c1-3-5-12-19-17-21-16(14-15-10-8-7-9-11-15)22-18(23-17)20-13-6-4-2/h7-11H,3-6,12-14H2,1-2H3,(H2,19,20,21,22,23). The van der Waals surface area contributed by atoms with Crippen LogP contribution in [0.5, 0.6) is 0 Å². The summed E-state index contributed by atoms with van der Waals surface area (Å²) in [6.45, 7) is 6.13. The van der Waals surface area contributed by atoms with Crippen LogP contribution in [0.25, 0.3) is 0 Å². The SMILES string of the molecule is CCCCNc1nc(Cc2ccccc2)nc(NCCCC)n1. The molecule has 124 valence electrons. The van der Waals surface area contributed by atoms with E-state index in [4.69, 9.17) is 0 Å². The zero-order valence-electron chi connectivity index (χ0n) is 14.2. The highest BCUT2D eigenvalue weighted by molar-refractivity contribution is 5.35. The third-order valence-corrected chi connectivity index (χ3v) is 3.51. The molecule has 0 saturated carbocycles. The van der Waals surface area contributed by atoms with Crippen molar-refractivity contribution in [1.82, 2.24) is 15.0 Å². The molecule has 2 N–H and O–H groups in total. The lowest BCUT2D eigenvalue weighted by molar-refractivity contribution is 0.806. The first-order valence-corrected chi connectivity index (χ1v) is 8.58. The van der Waals surface area contributed by atoms with E-state index >= 15 is 0 Å². The van der Waals surface area contributed by atoms with Gasteiger partial charge < -0.3 is 10.6 Å². The second kappa shape index (κ2) is 9.77. The van der Waals surface area contributed by atoms with Crippen LogP contribution in [0.1, 0.15) is 50.9 Å². The summed E-state index contributed by atoms with van der Waals surface area (Å²) in [5.74, 6) is 2.13. The van der Waals surface area contributed by atoms with Crippen LogP contribution >= 0.6 is 0 Å². The second-order valence-corrected chi connectivity index (χ2v) is 5.62. The highest BCUT2D eigenvalue weighted by Crippen LogP contribution is 2.11. The Kier molecular flexibility index (Phi) is 7.30. The fourth-order valence-corrected chi connectivity index (χ4v) is 2.19. The molecule has 0 saturated heterocycles. The molecular formula is C18H27N5. The smallest absolute Gasteiger partial charge is 0.227 e. The number of aromatic nitrogens is 3. The van der Waals surface area contributed by atoms with Crippen molar-refractivity contribution in [3.8, 4) is 0 Å². The molecule has 5 heteroatoms. The number of anilines is 2. The van der Waals surface area contributed by atoms with E-state index in [2.05, 4.69) is 51.6 Å². The first kappa shape index (κ1) is 17.2. The van der Waals surface area contributed by atoms with Crippen LogP contribution in [0.2, 0.25) is 0 Å². The molecule has 0 atom stereocenters. The van der Waals surface area contributed by atoms with Gasteiger partial charge in [0.25, 0.3) is 0 Å². The highest BCUT2D eigenvalue weighted by Gasteiger charge is 2.07. The Hall–Kier alpha value is -2.17. The Morgan fingerprint density at radius 2 is 1.35 bits per heavy atom. The topological polar surface area (TPSA) is 62.7 Å². The molecule has 5 nitrogen and oxygen atoms in total. The summed E-state index contributed by atoms with van der Waals surface area (Å²) < 4.78 is 0. The van der Waals surface area contributed by atoms with Crippen molar-refractivity contribution in [2.24, 2.45) is 0 Å². The van der Waals surface area contributed by atoms with Crippen LogP contribution in [0, 0.1) is 0 Å². The number of hydrogen-bond donors (Lipinski definition) is 2. The van der Waals surface area contributed by atoms with E-state index in [1.54, 1.807) is 0 Å². The Labute approximate surface area is 139 Å². The highest BCUT2D eigenvalue weighted by atomic mass is 15.2. The van der Waals surface area contributed by atoms with E-state index in [-0.39, 0.29) is 0 Å². The Morgan fingerprint density at radius 3 is 1.87 bits per heavy atom. The summed E-state index contributed by atoms with van der Waals surface area (Å²) in [5.41, 5.74) is 1.21. The van der Waals surface area contributed by atoms with Gasteiger partial charge in [-0.05, 0) is 18.4 Å². The maximum Gasteiger partial charge on any atom is 0.227 e. The molecule has 0 bridgehead atoms. The van der Waals surface area contributed by atoms with Gasteiger partial charge in [-0.25, -0.2) is 0 Å². The number of hydrogen-bond acceptors (Lipinski definition) is 5. The molecule has 1 heterocycles. The van der Waals surface area contributed by atoms with Crippen molar-refractivity contribution in [3.63, 3.8) is 0 Å². The first-order chi connectivity index (χ1) is 11.3. The molecule has 0 fully saturated rings. The quantitative estimate of drug-likeness (QED) is 0.652. The Morgan fingerprint density at radius 1 is 0.783 bits per heavy atom. The van der Waals surface area contributed by atoms with Gasteiger partial charge in [0.2, 0.25) is 11.9 Å². The van der Waals surface area contributed by atoms with E-state index < -0.39 is 0 Å². The lowest BCUT2D eigenvalue weighted by Gasteiger charge is -2.10. The molecule has 2 rings (SSSR count). The molecule has 0 aliphatic carbocycles. The van der Waals surface area contributed by atoms with Crippen LogP contribution in [0.4, 0.5) is 11.9 Å². The van der Waals surface area contributed by atoms with E-state index in [0.29, 0.717) is 18.3 Å². The molecular weight excluding hydrogens is 286 g/mol. The third-order valence-electron chi connectivity index (χ3n) is 3.51. The molecule has 0 radical (unpaired) electrons. The number of benzene rings is 1. The van der Waals surface area contributed by atoms with Crippen LogP contribution in [-0.2, 0) is 6.42 Å². The fourth-order valence-electron chi connectivity index (χ4n) is 2.19. The number of unbranched alkanes of at least 4 members (excludes halogenated alkanes) is 2. The largest absolute Gasteiger partial charge is 0.354 e. The fraction of sp³-hybridized carbons (Fsp3) is 0.500. The predicted octanol–water partition coefficient (Wildman–Crippen LogP) is 3.89. The van der Waals surface area contributed by atoms with Crippen molar-refractivity contribution >= 4 is 11.9 Å². The van der Waals surface area contributed by atoms with Gasteiger partial charge in [0.1, 0.15) is 5.82 Å². The number of nitrogens with zero attached hydrogens (tertiary/aromatic N) is 3. The van der Waals surface area contributed by atoms with E-state index in [9.17, 15) is 0 Å². The minimum absolute atomic E-state index is 0.665. The lowest BCUT2D eigenvalue weighted by Crippen LogP contribution is -2.13. The summed E-state index contributed by atoms with van der Waals surface area (Å²) in [6, 6.07) is 10.3. The van der Waals surface area contributed by atoms with Gasteiger partial charge in [-0.15, -0.1) is 0 Å². The summed E-state index contributed by atoms with van der Waals surface area (Å²) in [7, 11) is 0. The minimum atomic E-state index is 0.665. The van der Waals surface area contributed by atoms with E-state index in [1.165, 1.54) is 5.56 Å². The van der Waals surface area contributed by atoms with Crippen LogP contribution in [0.3, 0.4) is 0 Å². The number of nitrogens with one attached hydrogen (secondary N) is 2. The van der Waals surface area contributed by atoms with Gasteiger partial charge in [0, 0.05) is 19.5 Å². The normalized spacial score (nSPS) is 10.5. The molecule has 0 aliphatic heterocycles. The van der Waals surface area contributed by atoms with Gasteiger partial charge in [-0.3, -0.25) is 0 Å². The molecule has 2 aromatic rings. The van der Waals surface area contributed by atoms with Gasteiger partial charge in [-0.2, -0.15) is 15.0 Å². The monoisotopic (exact) mass is 313 g/mol. The van der Waals surface area contributed by atoms with E-state index in [1.807, 2.05) is 18.2 Å². The Bertz CT molecular complexity index is 543. The summed E-state index contributed by atoms with van der Waals surface area (Å²) in [5, 5.41) is 6.60. The van der Waals surface area contributed by atoms with Crippen molar-refractivity contribution in [3.05, 3.63) is 41.7 Å². The molecule has 0 unspecified atom stereocenters. The molecule has 0 spiro atoms. The van der Waals surface area contributed by atoms with Gasteiger partial charge in [0.05, 0.1) is 0 Å². The average molecular weight is 313 g/mol. The van der Waals surface area contributed by atoms with Crippen molar-refractivity contribution in [1.29, 1.82) is 0 Å². The lowest BCUT2D eigenvalue weighted by atomic mass is 10.1. The molecule has 1 aromatic carbocycles. The van der Waals surface area contributed by atoms with Gasteiger partial charge >= 0.3 is 0 Å². The van der Waals surface area contributed by atoms with Crippen LogP contribution in [0.15, 0.2) is 30.3 Å². The van der Waals surface area contributed by atoms with Gasteiger partial charge in [0.15, 0.2) is 0 Å². The molecule has 1 aromatic heterocycles. The van der Waals surface area contributed by atoms with Gasteiger partial charge in [-0.1, -0.05) is 57.0 Å². The summed E-state index contributed by atoms with van der Waals surface area (Å²) in [6.07, 6.45) is 5.23. The zero-order valence-corrected chi connectivity index (χ0v) is 14.2. The first-order valence-electron chi connectivity index (χ1n) is 8.58. The summed E-state index contributed by atoms with van der Waals surface area (Å²) >= 11 is 0. The summed E-state index contributed by atoms with van der Waals surface area (Å²) in [4.78, 5) is 13.6. The third kappa shape index (κ3) is 6.22. The van der Waals surface area contributed by atoms with Crippen molar-refractivity contribution in [2.45, 2.75) is 46.0 Å². The van der Waals surface area contributed by atoms with Crippen LogP contribution < -0.4 is 10.6 Å². The Balaban J connectivity index is 2.10. The molecule has 0 amide bonds.